The third kappa shape index (κ3) is 6.61. The molecule has 2 aromatic carbocycles. The first-order valence-electron chi connectivity index (χ1n) is 11.1. The Kier molecular flexibility index (Phi) is 7.64. The summed E-state index contributed by atoms with van der Waals surface area (Å²) in [7, 11) is 1.79. The number of hydrazine groups is 1. The topological polar surface area (TPSA) is 73.5 Å². The van der Waals surface area contributed by atoms with Crippen molar-refractivity contribution in [3.8, 4) is 0 Å². The molecule has 2 atom stereocenters. The Labute approximate surface area is 189 Å². The van der Waals surface area contributed by atoms with Crippen LogP contribution in [0.25, 0.3) is 0 Å². The number of carbonyl (C=O) groups is 2. The van der Waals surface area contributed by atoms with E-state index in [4.69, 9.17) is 0 Å². The lowest BCUT2D eigenvalue weighted by Gasteiger charge is -2.21. The maximum atomic E-state index is 13.4. The van der Waals surface area contributed by atoms with E-state index >= 15 is 0 Å². The van der Waals surface area contributed by atoms with Gasteiger partial charge in [0, 0.05) is 42.3 Å². The fourth-order valence-corrected chi connectivity index (χ4v) is 3.83. The first-order valence-corrected chi connectivity index (χ1v) is 11.1. The van der Waals surface area contributed by atoms with Crippen molar-refractivity contribution in [2.45, 2.75) is 57.7 Å². The molecule has 172 valence electrons. The Bertz CT molecular complexity index is 940. The molecule has 3 rings (SSSR count). The molecule has 1 aliphatic heterocycles. The van der Waals surface area contributed by atoms with Gasteiger partial charge in [-0.25, -0.2) is 4.39 Å². The molecule has 0 aromatic heterocycles. The fraction of sp³-hybridized carbons (Fsp3) is 0.440. The minimum atomic E-state index is -0.313. The van der Waals surface area contributed by atoms with Crippen LogP contribution in [-0.4, -0.2) is 41.9 Å². The smallest absolute Gasteiger partial charge is 0.253 e. The summed E-state index contributed by atoms with van der Waals surface area (Å²) >= 11 is 0. The first kappa shape index (κ1) is 23.9. The second-order valence-electron chi connectivity index (χ2n) is 9.48. The van der Waals surface area contributed by atoms with Crippen LogP contribution in [0, 0.1) is 5.82 Å². The van der Waals surface area contributed by atoms with Crippen LogP contribution >= 0.6 is 0 Å². The van der Waals surface area contributed by atoms with Gasteiger partial charge >= 0.3 is 0 Å². The predicted molar refractivity (Wildman–Crippen MR) is 124 cm³/mol. The van der Waals surface area contributed by atoms with Crippen molar-refractivity contribution in [1.29, 1.82) is 0 Å². The van der Waals surface area contributed by atoms with Crippen molar-refractivity contribution in [3.63, 3.8) is 0 Å². The van der Waals surface area contributed by atoms with E-state index in [1.54, 1.807) is 48.3 Å². The maximum absolute atomic E-state index is 13.4. The molecule has 6 nitrogen and oxygen atoms in total. The molecule has 0 bridgehead atoms. The molecule has 0 saturated carbocycles. The van der Waals surface area contributed by atoms with Gasteiger partial charge < -0.3 is 10.2 Å². The number of carbonyl (C=O) groups excluding carboxylic acids is 2. The molecular formula is C25H33FN4O2. The van der Waals surface area contributed by atoms with E-state index in [-0.39, 0.29) is 35.3 Å². The second-order valence-corrected chi connectivity index (χ2v) is 9.48. The normalized spacial score (nSPS) is 18.4. The SMILES string of the molecule is CN(CCCC1CC(c2cccc(F)c2)NN1)C(=O)c1ccc(C(=O)NC(C)(C)C)cc1. The summed E-state index contributed by atoms with van der Waals surface area (Å²) in [6.07, 6.45) is 2.63. The highest BCUT2D eigenvalue weighted by molar-refractivity contribution is 5.98. The van der Waals surface area contributed by atoms with Gasteiger partial charge in [0.25, 0.3) is 11.8 Å². The summed E-state index contributed by atoms with van der Waals surface area (Å²) in [5.41, 5.74) is 8.23. The lowest BCUT2D eigenvalue weighted by Crippen LogP contribution is -2.40. The number of hydrogen-bond acceptors (Lipinski definition) is 4. The van der Waals surface area contributed by atoms with Crippen molar-refractivity contribution in [2.75, 3.05) is 13.6 Å². The highest BCUT2D eigenvalue weighted by atomic mass is 19.1. The van der Waals surface area contributed by atoms with Crippen LogP contribution in [-0.2, 0) is 0 Å². The minimum Gasteiger partial charge on any atom is -0.347 e. The molecule has 1 heterocycles. The van der Waals surface area contributed by atoms with E-state index in [1.807, 2.05) is 26.8 Å². The third-order valence-electron chi connectivity index (χ3n) is 5.51. The molecule has 2 unspecified atom stereocenters. The van der Waals surface area contributed by atoms with Gasteiger partial charge in [0.05, 0.1) is 0 Å². The lowest BCUT2D eigenvalue weighted by molar-refractivity contribution is 0.0790. The molecule has 0 aliphatic carbocycles. The predicted octanol–water partition coefficient (Wildman–Crippen LogP) is 3.81. The summed E-state index contributed by atoms with van der Waals surface area (Å²) in [6, 6.07) is 13.8. The molecule has 2 aromatic rings. The van der Waals surface area contributed by atoms with E-state index in [1.165, 1.54) is 6.07 Å². The summed E-state index contributed by atoms with van der Waals surface area (Å²) in [5.74, 6) is -0.447. The second kappa shape index (κ2) is 10.2. The van der Waals surface area contributed by atoms with Crippen LogP contribution in [0.2, 0.25) is 0 Å². The highest BCUT2D eigenvalue weighted by Gasteiger charge is 2.25. The van der Waals surface area contributed by atoms with Gasteiger partial charge in [-0.3, -0.25) is 20.4 Å². The maximum Gasteiger partial charge on any atom is 0.253 e. The quantitative estimate of drug-likeness (QED) is 0.612. The van der Waals surface area contributed by atoms with Crippen LogP contribution in [0.3, 0.4) is 0 Å². The molecule has 3 N–H and O–H groups in total. The highest BCUT2D eigenvalue weighted by Crippen LogP contribution is 2.24. The molecule has 1 saturated heterocycles. The molecule has 7 heteroatoms. The summed E-state index contributed by atoms with van der Waals surface area (Å²) in [4.78, 5) is 26.7. The van der Waals surface area contributed by atoms with Gasteiger partial charge in [0.2, 0.25) is 0 Å². The Hall–Kier alpha value is -2.77. The third-order valence-corrected chi connectivity index (χ3v) is 5.51. The fourth-order valence-electron chi connectivity index (χ4n) is 3.83. The number of amides is 2. The van der Waals surface area contributed by atoms with Crippen LogP contribution in [0.15, 0.2) is 48.5 Å². The van der Waals surface area contributed by atoms with Gasteiger partial charge in [-0.1, -0.05) is 12.1 Å². The van der Waals surface area contributed by atoms with E-state index < -0.39 is 0 Å². The van der Waals surface area contributed by atoms with Gasteiger partial charge in [-0.2, -0.15) is 0 Å². The number of halogens is 1. The van der Waals surface area contributed by atoms with Crippen molar-refractivity contribution in [3.05, 3.63) is 71.0 Å². The van der Waals surface area contributed by atoms with Gasteiger partial charge in [0.1, 0.15) is 5.82 Å². The van der Waals surface area contributed by atoms with Gasteiger partial charge in [-0.15, -0.1) is 0 Å². The number of nitrogens with one attached hydrogen (secondary N) is 3. The monoisotopic (exact) mass is 440 g/mol. The van der Waals surface area contributed by atoms with Crippen LogP contribution in [0.5, 0.6) is 0 Å². The van der Waals surface area contributed by atoms with Crippen LogP contribution in [0.1, 0.15) is 72.4 Å². The minimum absolute atomic E-state index is 0.0667. The Morgan fingerprint density at radius 2 is 1.78 bits per heavy atom. The molecule has 0 spiro atoms. The molecule has 32 heavy (non-hydrogen) atoms. The van der Waals surface area contributed by atoms with Crippen LogP contribution < -0.4 is 16.2 Å². The zero-order chi connectivity index (χ0) is 23.3. The zero-order valence-corrected chi connectivity index (χ0v) is 19.2. The van der Waals surface area contributed by atoms with Crippen molar-refractivity contribution >= 4 is 11.8 Å². The van der Waals surface area contributed by atoms with Crippen LogP contribution in [0.4, 0.5) is 4.39 Å². The van der Waals surface area contributed by atoms with Crippen molar-refractivity contribution < 1.29 is 14.0 Å². The lowest BCUT2D eigenvalue weighted by atomic mass is 9.99. The largest absolute Gasteiger partial charge is 0.347 e. The van der Waals surface area contributed by atoms with E-state index in [0.29, 0.717) is 17.7 Å². The Balaban J connectivity index is 1.44. The number of rotatable bonds is 7. The Morgan fingerprint density at radius 1 is 1.09 bits per heavy atom. The molecule has 1 fully saturated rings. The molecule has 0 radical (unpaired) electrons. The molecule has 2 amide bonds. The molecular weight excluding hydrogens is 407 g/mol. The number of nitrogens with zero attached hydrogens (tertiary/aromatic N) is 1. The Morgan fingerprint density at radius 3 is 2.44 bits per heavy atom. The van der Waals surface area contributed by atoms with E-state index in [9.17, 15) is 14.0 Å². The van der Waals surface area contributed by atoms with Crippen molar-refractivity contribution in [2.24, 2.45) is 0 Å². The first-order chi connectivity index (χ1) is 15.1. The average Bonchev–Trinajstić information content (AvgIpc) is 3.21. The van der Waals surface area contributed by atoms with Gasteiger partial charge in [0.15, 0.2) is 0 Å². The average molecular weight is 441 g/mol. The van der Waals surface area contributed by atoms with E-state index in [2.05, 4.69) is 16.2 Å². The molecule has 1 aliphatic rings. The number of benzene rings is 2. The summed E-state index contributed by atoms with van der Waals surface area (Å²) < 4.78 is 13.4. The van der Waals surface area contributed by atoms with Gasteiger partial charge in [-0.05, 0) is 82.0 Å². The number of hydrogen-bond donors (Lipinski definition) is 3. The zero-order valence-electron chi connectivity index (χ0n) is 19.2. The summed E-state index contributed by atoms with van der Waals surface area (Å²) in [5, 5.41) is 2.91. The summed E-state index contributed by atoms with van der Waals surface area (Å²) in [6.45, 7) is 6.41. The standard InChI is InChI=1S/C25H33FN4O2/c1-25(2,3)27-23(31)17-10-12-18(13-11-17)24(32)30(4)14-6-9-21-16-22(29-28-21)19-7-5-8-20(26)15-19/h5,7-8,10-13,15,21-22,28-29H,6,9,14,16H2,1-4H3,(H,27,31). The van der Waals surface area contributed by atoms with E-state index in [0.717, 1.165) is 24.8 Å². The van der Waals surface area contributed by atoms with Crippen molar-refractivity contribution in [1.82, 2.24) is 21.1 Å².